The second kappa shape index (κ2) is 4.20. The van der Waals surface area contributed by atoms with E-state index < -0.39 is 0 Å². The molecule has 0 unspecified atom stereocenters. The molecule has 0 spiro atoms. The maximum atomic E-state index is 5.35. The number of rotatable bonds is 3. The van der Waals surface area contributed by atoms with Gasteiger partial charge in [-0.3, -0.25) is 10.1 Å². The summed E-state index contributed by atoms with van der Waals surface area (Å²) in [6.45, 7) is 5.39. The van der Waals surface area contributed by atoms with Crippen LogP contribution in [0.5, 0.6) is 0 Å². The quantitative estimate of drug-likeness (QED) is 0.673. The molecule has 3 N–H and O–H groups in total. The average molecular weight is 177 g/mol. The molecule has 1 heterocycles. The van der Waals surface area contributed by atoms with E-state index in [-0.39, 0.29) is 5.95 Å². The highest BCUT2D eigenvalue weighted by Crippen LogP contribution is 1.98. The van der Waals surface area contributed by atoms with Crippen molar-refractivity contribution in [2.24, 2.45) is 4.99 Å². The van der Waals surface area contributed by atoms with E-state index in [1.165, 1.54) is 6.20 Å². The van der Waals surface area contributed by atoms with Crippen molar-refractivity contribution in [2.75, 3.05) is 5.73 Å². The summed E-state index contributed by atoms with van der Waals surface area (Å²) in [6.07, 6.45) is 5.08. The van der Waals surface area contributed by atoms with Gasteiger partial charge in [-0.2, -0.15) is 4.98 Å². The average Bonchev–Trinajstić information content (AvgIpc) is 2.51. The molecule has 5 nitrogen and oxygen atoms in total. The number of nitrogens with zero attached hydrogens (tertiary/aromatic N) is 3. The molecule has 0 bridgehead atoms. The Bertz CT molecular complexity index is 347. The molecule has 1 aromatic rings. The van der Waals surface area contributed by atoms with Gasteiger partial charge >= 0.3 is 0 Å². The van der Waals surface area contributed by atoms with Crippen molar-refractivity contribution in [3.63, 3.8) is 0 Å². The molecule has 0 saturated carbocycles. The molecule has 0 aromatic carbocycles. The Kier molecular flexibility index (Phi) is 2.97. The van der Waals surface area contributed by atoms with Crippen molar-refractivity contribution in [3.05, 3.63) is 30.8 Å². The molecule has 0 radical (unpaired) electrons. The predicted molar refractivity (Wildman–Crippen MR) is 52.3 cm³/mol. The van der Waals surface area contributed by atoms with Crippen molar-refractivity contribution in [1.29, 1.82) is 0 Å². The Morgan fingerprint density at radius 1 is 1.69 bits per heavy atom. The van der Waals surface area contributed by atoms with Gasteiger partial charge in [0, 0.05) is 6.20 Å². The number of hydrogen-bond acceptors (Lipinski definition) is 4. The van der Waals surface area contributed by atoms with Crippen LogP contribution in [0.25, 0.3) is 0 Å². The molecule has 0 saturated heterocycles. The molecule has 0 atom stereocenters. The molecule has 0 fully saturated rings. The van der Waals surface area contributed by atoms with E-state index in [1.54, 1.807) is 6.08 Å². The fourth-order valence-electron chi connectivity index (χ4n) is 0.829. The molecule has 68 valence electrons. The van der Waals surface area contributed by atoms with Gasteiger partial charge in [-0.25, -0.2) is 0 Å². The number of anilines is 1. The molecular weight excluding hydrogens is 166 g/mol. The predicted octanol–water partition coefficient (Wildman–Crippen LogP) is 0.896. The number of H-pyrrole nitrogens is 1. The van der Waals surface area contributed by atoms with Crippen molar-refractivity contribution >= 4 is 11.7 Å². The van der Waals surface area contributed by atoms with E-state index in [1.807, 2.05) is 13.0 Å². The van der Waals surface area contributed by atoms with Gasteiger partial charge in [-0.05, 0) is 13.0 Å². The third-order valence-electron chi connectivity index (χ3n) is 1.30. The Labute approximate surface area is 76.1 Å². The number of aliphatic imine (C=N–C) groups is 1. The first-order chi connectivity index (χ1) is 6.27. The normalized spacial score (nSPS) is 12.2. The first-order valence-corrected chi connectivity index (χ1v) is 3.77. The van der Waals surface area contributed by atoms with E-state index >= 15 is 0 Å². The van der Waals surface area contributed by atoms with Crippen LogP contribution in [0.3, 0.4) is 0 Å². The lowest BCUT2D eigenvalue weighted by molar-refractivity contribution is 1.08. The Balaban J connectivity index is 3.01. The zero-order valence-electron chi connectivity index (χ0n) is 7.36. The molecule has 0 aliphatic carbocycles. The van der Waals surface area contributed by atoms with Crippen molar-refractivity contribution < 1.29 is 0 Å². The van der Waals surface area contributed by atoms with Crippen LogP contribution in [-0.2, 0) is 0 Å². The lowest BCUT2D eigenvalue weighted by Crippen LogP contribution is -1.99. The van der Waals surface area contributed by atoms with E-state index in [0.717, 1.165) is 0 Å². The molecule has 1 aromatic heterocycles. The summed E-state index contributed by atoms with van der Waals surface area (Å²) >= 11 is 0. The second-order valence-electron chi connectivity index (χ2n) is 2.24. The van der Waals surface area contributed by atoms with Gasteiger partial charge in [0.25, 0.3) is 0 Å². The molecule has 5 heteroatoms. The molecule has 1 rings (SSSR count). The number of aromatic nitrogens is 3. The first-order valence-electron chi connectivity index (χ1n) is 3.77. The van der Waals surface area contributed by atoms with E-state index in [0.29, 0.717) is 11.5 Å². The summed E-state index contributed by atoms with van der Waals surface area (Å²) in [4.78, 5) is 7.93. The minimum Gasteiger partial charge on any atom is -0.366 e. The van der Waals surface area contributed by atoms with Crippen LogP contribution >= 0.6 is 0 Å². The first kappa shape index (κ1) is 9.18. The highest BCUT2D eigenvalue weighted by molar-refractivity contribution is 6.06. The van der Waals surface area contributed by atoms with Crippen LogP contribution in [0.1, 0.15) is 12.7 Å². The van der Waals surface area contributed by atoms with Crippen LogP contribution in [0.2, 0.25) is 0 Å². The van der Waals surface area contributed by atoms with Crippen LogP contribution in [-0.4, -0.2) is 20.9 Å². The fraction of sp³-hybridized carbons (Fsp3) is 0.125. The number of allylic oxidation sites excluding steroid dienone is 2. The van der Waals surface area contributed by atoms with E-state index in [9.17, 15) is 0 Å². The third-order valence-corrected chi connectivity index (χ3v) is 1.30. The summed E-state index contributed by atoms with van der Waals surface area (Å²) in [6, 6.07) is 0. The highest BCUT2D eigenvalue weighted by atomic mass is 15.3. The summed E-state index contributed by atoms with van der Waals surface area (Å²) in [7, 11) is 0. The van der Waals surface area contributed by atoms with Crippen molar-refractivity contribution in [3.8, 4) is 0 Å². The minimum atomic E-state index is 0.205. The van der Waals surface area contributed by atoms with Crippen LogP contribution in [0.4, 0.5) is 5.95 Å². The van der Waals surface area contributed by atoms with Gasteiger partial charge < -0.3 is 5.73 Å². The molecule has 13 heavy (non-hydrogen) atoms. The number of nitrogens with two attached hydrogens (primary N) is 1. The lowest BCUT2D eigenvalue weighted by Gasteiger charge is -1.91. The molecular formula is C8H11N5. The highest BCUT2D eigenvalue weighted by Gasteiger charge is 2.03. The van der Waals surface area contributed by atoms with Crippen LogP contribution in [0.15, 0.2) is 29.9 Å². The lowest BCUT2D eigenvalue weighted by atomic mass is 10.3. The standard InChI is InChI=1S/C8H11N5/c1-3-5-6(10-4-2)7-11-8(9)13-12-7/h3-5H,2H2,1H3,(H3,9,11,12,13)/b5-3-,10-6?. The largest absolute Gasteiger partial charge is 0.366 e. The van der Waals surface area contributed by atoms with Gasteiger partial charge in [0.2, 0.25) is 5.95 Å². The Morgan fingerprint density at radius 3 is 2.92 bits per heavy atom. The topological polar surface area (TPSA) is 79.9 Å². The van der Waals surface area contributed by atoms with Crippen LogP contribution in [0, 0.1) is 0 Å². The van der Waals surface area contributed by atoms with Gasteiger partial charge in [-0.1, -0.05) is 12.7 Å². The number of nitrogen functional groups attached to an aromatic ring is 1. The van der Waals surface area contributed by atoms with Crippen molar-refractivity contribution in [1.82, 2.24) is 15.2 Å². The summed E-state index contributed by atoms with van der Waals surface area (Å²) in [5, 5.41) is 6.35. The van der Waals surface area contributed by atoms with Crippen LogP contribution < -0.4 is 5.73 Å². The Hall–Kier alpha value is -1.91. The van der Waals surface area contributed by atoms with Gasteiger partial charge in [0.05, 0.1) is 0 Å². The number of aromatic amines is 1. The molecule has 0 aliphatic rings. The summed E-state index contributed by atoms with van der Waals surface area (Å²) in [5.41, 5.74) is 6.00. The monoisotopic (exact) mass is 177 g/mol. The maximum Gasteiger partial charge on any atom is 0.239 e. The zero-order valence-corrected chi connectivity index (χ0v) is 7.36. The number of hydrogen-bond donors (Lipinski definition) is 2. The second-order valence-corrected chi connectivity index (χ2v) is 2.24. The fourth-order valence-corrected chi connectivity index (χ4v) is 0.829. The third kappa shape index (κ3) is 2.26. The van der Waals surface area contributed by atoms with Crippen molar-refractivity contribution in [2.45, 2.75) is 6.92 Å². The van der Waals surface area contributed by atoms with E-state index in [2.05, 4.69) is 26.8 Å². The summed E-state index contributed by atoms with van der Waals surface area (Å²) < 4.78 is 0. The summed E-state index contributed by atoms with van der Waals surface area (Å²) in [5.74, 6) is 0.742. The number of nitrogens with one attached hydrogen (secondary N) is 1. The van der Waals surface area contributed by atoms with Gasteiger partial charge in [0.15, 0.2) is 5.82 Å². The maximum absolute atomic E-state index is 5.35. The smallest absolute Gasteiger partial charge is 0.239 e. The molecule has 0 amide bonds. The van der Waals surface area contributed by atoms with Gasteiger partial charge in [-0.15, -0.1) is 5.10 Å². The van der Waals surface area contributed by atoms with Gasteiger partial charge in [0.1, 0.15) is 5.71 Å². The molecule has 0 aliphatic heterocycles. The zero-order chi connectivity index (χ0) is 9.68. The van der Waals surface area contributed by atoms with E-state index in [4.69, 9.17) is 5.73 Å². The minimum absolute atomic E-state index is 0.205. The Morgan fingerprint density at radius 2 is 2.46 bits per heavy atom. The SMILES string of the molecule is C=CN=C(/C=C\C)c1nc(N)n[nH]1.